The fourth-order valence-electron chi connectivity index (χ4n) is 2.68. The first-order valence-electron chi connectivity index (χ1n) is 6.88. The van der Waals surface area contributed by atoms with Crippen LogP contribution in [0, 0.1) is 0 Å². The maximum absolute atomic E-state index is 12.1. The summed E-state index contributed by atoms with van der Waals surface area (Å²) in [6, 6.07) is 9.65. The first-order valence-corrected chi connectivity index (χ1v) is 8.37. The van der Waals surface area contributed by atoms with Crippen LogP contribution in [-0.4, -0.2) is 31.3 Å². The van der Waals surface area contributed by atoms with Crippen LogP contribution in [0.3, 0.4) is 0 Å². The van der Waals surface area contributed by atoms with Crippen LogP contribution >= 0.6 is 0 Å². The van der Waals surface area contributed by atoms with E-state index in [1.807, 2.05) is 12.1 Å². The van der Waals surface area contributed by atoms with Crippen LogP contribution in [0.5, 0.6) is 0 Å². The number of aromatic nitrogens is 2. The Morgan fingerprint density at radius 2 is 2.19 bits per heavy atom. The molecule has 1 aromatic heterocycles. The molecule has 0 saturated heterocycles. The van der Waals surface area contributed by atoms with Gasteiger partial charge in [0.15, 0.2) is 5.03 Å². The van der Waals surface area contributed by atoms with Crippen LogP contribution in [-0.2, 0) is 17.1 Å². The number of hydrogen-bond acceptors (Lipinski definition) is 4. The fourth-order valence-corrected chi connectivity index (χ4v) is 3.85. The zero-order chi connectivity index (χ0) is 14.9. The second kappa shape index (κ2) is 5.50. The number of fused-ring (bicyclic) bond motifs is 1. The zero-order valence-electron chi connectivity index (χ0n) is 11.8. The number of rotatable bonds is 5. The van der Waals surface area contributed by atoms with E-state index in [1.165, 1.54) is 22.5 Å². The molecule has 1 unspecified atom stereocenters. The molecule has 3 rings (SSSR count). The van der Waals surface area contributed by atoms with Crippen molar-refractivity contribution in [1.29, 1.82) is 0 Å². The molecular weight excluding hydrogens is 288 g/mol. The van der Waals surface area contributed by atoms with Gasteiger partial charge in [0.25, 0.3) is 10.0 Å². The van der Waals surface area contributed by atoms with Gasteiger partial charge in [-0.15, -0.1) is 0 Å². The van der Waals surface area contributed by atoms with E-state index in [-0.39, 0.29) is 5.03 Å². The molecule has 0 saturated carbocycles. The Labute approximate surface area is 124 Å². The van der Waals surface area contributed by atoms with Crippen molar-refractivity contribution in [3.8, 4) is 0 Å². The summed E-state index contributed by atoms with van der Waals surface area (Å²) >= 11 is 0. The minimum absolute atomic E-state index is 0.187. The molecule has 0 amide bonds. The highest BCUT2D eigenvalue weighted by atomic mass is 32.2. The lowest BCUT2D eigenvalue weighted by atomic mass is 9.98. The van der Waals surface area contributed by atoms with E-state index in [4.69, 9.17) is 0 Å². The summed E-state index contributed by atoms with van der Waals surface area (Å²) in [4.78, 5) is 0. The molecule has 1 aliphatic rings. The Balaban J connectivity index is 1.62. The minimum atomic E-state index is -3.49. The number of nitrogens with one attached hydrogen (secondary N) is 2. The molecule has 1 aliphatic heterocycles. The third-order valence-corrected chi connectivity index (χ3v) is 5.31. The first-order chi connectivity index (χ1) is 10.1. The topological polar surface area (TPSA) is 76.0 Å². The highest BCUT2D eigenvalue weighted by Crippen LogP contribution is 2.32. The van der Waals surface area contributed by atoms with Crippen molar-refractivity contribution >= 4 is 15.7 Å². The third kappa shape index (κ3) is 2.79. The van der Waals surface area contributed by atoms with Gasteiger partial charge in [-0.1, -0.05) is 18.2 Å². The lowest BCUT2D eigenvalue weighted by Gasteiger charge is -2.11. The Hall–Kier alpha value is -1.86. The number of hydrogen-bond donors (Lipinski definition) is 2. The Bertz CT molecular complexity index is 739. The molecule has 112 valence electrons. The van der Waals surface area contributed by atoms with E-state index in [2.05, 4.69) is 27.3 Å². The summed E-state index contributed by atoms with van der Waals surface area (Å²) in [5, 5.41) is 7.42. The highest BCUT2D eigenvalue weighted by Gasteiger charge is 2.23. The van der Waals surface area contributed by atoms with E-state index >= 15 is 0 Å². The van der Waals surface area contributed by atoms with Crippen LogP contribution in [0.2, 0.25) is 0 Å². The maximum Gasteiger partial charge on any atom is 0.257 e. The quantitative estimate of drug-likeness (QED) is 0.873. The smallest absolute Gasteiger partial charge is 0.257 e. The summed E-state index contributed by atoms with van der Waals surface area (Å²) in [7, 11) is -1.87. The van der Waals surface area contributed by atoms with Gasteiger partial charge in [-0.05, 0) is 24.1 Å². The molecular formula is C14H18N4O2S. The molecule has 1 aromatic carbocycles. The van der Waals surface area contributed by atoms with E-state index in [0.717, 1.165) is 18.7 Å². The van der Waals surface area contributed by atoms with Gasteiger partial charge in [-0.3, -0.25) is 4.68 Å². The van der Waals surface area contributed by atoms with Gasteiger partial charge in [0, 0.05) is 31.7 Å². The average Bonchev–Trinajstić information content (AvgIpc) is 3.06. The number of nitrogens with zero attached hydrogens (tertiary/aromatic N) is 2. The highest BCUT2D eigenvalue weighted by molar-refractivity contribution is 7.89. The predicted molar refractivity (Wildman–Crippen MR) is 80.7 cm³/mol. The molecule has 21 heavy (non-hydrogen) atoms. The van der Waals surface area contributed by atoms with Crippen molar-refractivity contribution in [2.45, 2.75) is 17.4 Å². The summed E-state index contributed by atoms with van der Waals surface area (Å²) in [6.07, 6.45) is 2.24. The van der Waals surface area contributed by atoms with Gasteiger partial charge in [0.1, 0.15) is 0 Å². The Morgan fingerprint density at radius 1 is 1.38 bits per heavy atom. The van der Waals surface area contributed by atoms with Gasteiger partial charge in [-0.25, -0.2) is 13.1 Å². The van der Waals surface area contributed by atoms with Crippen LogP contribution < -0.4 is 10.0 Å². The largest absolute Gasteiger partial charge is 0.384 e. The van der Waals surface area contributed by atoms with Gasteiger partial charge in [0.05, 0.1) is 6.20 Å². The van der Waals surface area contributed by atoms with Gasteiger partial charge < -0.3 is 5.32 Å². The van der Waals surface area contributed by atoms with E-state index in [9.17, 15) is 8.42 Å². The van der Waals surface area contributed by atoms with Crippen molar-refractivity contribution in [1.82, 2.24) is 14.5 Å². The lowest BCUT2D eigenvalue weighted by molar-refractivity contribution is 0.556. The standard InChI is InChI=1S/C14H18N4O2S/c1-18-14(7-8-16-18)21(19,20)17-9-6-11-10-15-13-5-3-2-4-12(11)13/h2-5,7-8,11,15,17H,6,9-10H2,1H3. The second-order valence-electron chi connectivity index (χ2n) is 5.14. The average molecular weight is 306 g/mol. The van der Waals surface area contributed by atoms with Gasteiger partial charge >= 0.3 is 0 Å². The number of benzene rings is 1. The molecule has 6 nitrogen and oxygen atoms in total. The molecule has 0 bridgehead atoms. The molecule has 0 aliphatic carbocycles. The summed E-state index contributed by atoms with van der Waals surface area (Å²) < 4.78 is 28.3. The molecule has 7 heteroatoms. The first kappa shape index (κ1) is 14.1. The molecule has 0 fully saturated rings. The summed E-state index contributed by atoms with van der Waals surface area (Å²) in [5.41, 5.74) is 2.41. The molecule has 2 N–H and O–H groups in total. The zero-order valence-corrected chi connectivity index (χ0v) is 12.6. The van der Waals surface area contributed by atoms with Crippen molar-refractivity contribution in [2.75, 3.05) is 18.4 Å². The molecule has 0 spiro atoms. The lowest BCUT2D eigenvalue weighted by Crippen LogP contribution is -2.27. The van der Waals surface area contributed by atoms with Crippen molar-refractivity contribution in [3.05, 3.63) is 42.1 Å². The molecule has 2 aromatic rings. The molecule has 0 radical (unpaired) electrons. The maximum atomic E-state index is 12.1. The molecule has 1 atom stereocenters. The van der Waals surface area contributed by atoms with Gasteiger partial charge in [0.2, 0.25) is 0 Å². The Kier molecular flexibility index (Phi) is 3.69. The molecule has 2 heterocycles. The van der Waals surface area contributed by atoms with Crippen molar-refractivity contribution < 1.29 is 8.42 Å². The van der Waals surface area contributed by atoms with Crippen molar-refractivity contribution in [2.24, 2.45) is 7.05 Å². The van der Waals surface area contributed by atoms with Crippen LogP contribution in [0.1, 0.15) is 17.9 Å². The Morgan fingerprint density at radius 3 is 2.95 bits per heavy atom. The fraction of sp³-hybridized carbons (Fsp3) is 0.357. The number of aryl methyl sites for hydroxylation is 1. The minimum Gasteiger partial charge on any atom is -0.384 e. The monoisotopic (exact) mass is 306 g/mol. The number of para-hydroxylation sites is 1. The summed E-state index contributed by atoms with van der Waals surface area (Å²) in [6.45, 7) is 1.26. The normalized spacial score (nSPS) is 17.5. The van der Waals surface area contributed by atoms with Crippen LogP contribution in [0.25, 0.3) is 0 Å². The van der Waals surface area contributed by atoms with Gasteiger partial charge in [-0.2, -0.15) is 5.10 Å². The van der Waals surface area contributed by atoms with E-state index in [1.54, 1.807) is 7.05 Å². The van der Waals surface area contributed by atoms with E-state index < -0.39 is 10.0 Å². The number of sulfonamides is 1. The SMILES string of the molecule is Cn1nccc1S(=O)(=O)NCCC1CNc2ccccc21. The predicted octanol–water partition coefficient (Wildman–Crippen LogP) is 1.30. The van der Waals surface area contributed by atoms with E-state index in [0.29, 0.717) is 12.5 Å². The summed E-state index contributed by atoms with van der Waals surface area (Å²) in [5.74, 6) is 0.343. The third-order valence-electron chi connectivity index (χ3n) is 3.78. The second-order valence-corrected chi connectivity index (χ2v) is 6.86. The van der Waals surface area contributed by atoms with Crippen molar-refractivity contribution in [3.63, 3.8) is 0 Å². The van der Waals surface area contributed by atoms with Crippen LogP contribution in [0.4, 0.5) is 5.69 Å². The van der Waals surface area contributed by atoms with Crippen LogP contribution in [0.15, 0.2) is 41.6 Å². The number of anilines is 1.